The second-order valence-corrected chi connectivity index (χ2v) is 6.66. The van der Waals surface area contributed by atoms with Crippen molar-refractivity contribution in [2.75, 3.05) is 6.54 Å². The van der Waals surface area contributed by atoms with Gasteiger partial charge in [-0.2, -0.15) is 0 Å². The SMILES string of the molecule is Cc1ccc([C@@H](C)NC(=O)CN[C@H](C)c2ccccc2Cl)cc1C. The zero-order valence-corrected chi connectivity index (χ0v) is 15.4. The third kappa shape index (κ3) is 4.83. The van der Waals surface area contributed by atoms with E-state index in [4.69, 9.17) is 11.6 Å². The highest BCUT2D eigenvalue weighted by Gasteiger charge is 2.13. The molecule has 2 rings (SSSR count). The summed E-state index contributed by atoms with van der Waals surface area (Å²) in [6.07, 6.45) is 0. The van der Waals surface area contributed by atoms with Crippen LogP contribution in [0.1, 0.15) is 48.2 Å². The number of amides is 1. The van der Waals surface area contributed by atoms with Crippen molar-refractivity contribution in [3.8, 4) is 0 Å². The lowest BCUT2D eigenvalue weighted by Gasteiger charge is -2.18. The minimum atomic E-state index is -0.0281. The van der Waals surface area contributed by atoms with E-state index in [1.54, 1.807) is 0 Å². The Morgan fingerprint density at radius 2 is 1.75 bits per heavy atom. The molecule has 0 fully saturated rings. The molecule has 24 heavy (non-hydrogen) atoms. The van der Waals surface area contributed by atoms with Crippen molar-refractivity contribution in [1.82, 2.24) is 10.6 Å². The summed E-state index contributed by atoms with van der Waals surface area (Å²) in [5.74, 6) is -0.0281. The second-order valence-electron chi connectivity index (χ2n) is 6.26. The third-order valence-corrected chi connectivity index (χ3v) is 4.69. The Morgan fingerprint density at radius 1 is 1.04 bits per heavy atom. The van der Waals surface area contributed by atoms with E-state index in [0.29, 0.717) is 5.02 Å². The smallest absolute Gasteiger partial charge is 0.234 e. The molecule has 3 nitrogen and oxygen atoms in total. The van der Waals surface area contributed by atoms with Crippen LogP contribution in [-0.4, -0.2) is 12.5 Å². The van der Waals surface area contributed by atoms with Crippen LogP contribution in [-0.2, 0) is 4.79 Å². The van der Waals surface area contributed by atoms with Crippen LogP contribution < -0.4 is 10.6 Å². The molecule has 0 bridgehead atoms. The lowest BCUT2D eigenvalue weighted by atomic mass is 10.0. The molecule has 0 aliphatic rings. The minimum Gasteiger partial charge on any atom is -0.348 e. The number of halogens is 1. The molecule has 2 aromatic carbocycles. The van der Waals surface area contributed by atoms with Gasteiger partial charge in [-0.25, -0.2) is 0 Å². The molecule has 0 saturated heterocycles. The predicted octanol–water partition coefficient (Wildman–Crippen LogP) is 4.48. The Bertz CT molecular complexity index is 715. The van der Waals surface area contributed by atoms with Gasteiger partial charge in [-0.15, -0.1) is 0 Å². The van der Waals surface area contributed by atoms with Gasteiger partial charge >= 0.3 is 0 Å². The van der Waals surface area contributed by atoms with Crippen LogP contribution in [0.5, 0.6) is 0 Å². The standard InChI is InChI=1S/C20H25ClN2O/c1-13-9-10-17(11-14(13)2)15(3)23-20(24)12-22-16(4)18-7-5-6-8-19(18)21/h5-11,15-16,22H,12H2,1-4H3,(H,23,24)/t15-,16-/m1/s1. The number of benzene rings is 2. The quantitative estimate of drug-likeness (QED) is 0.810. The highest BCUT2D eigenvalue weighted by Crippen LogP contribution is 2.22. The first-order valence-electron chi connectivity index (χ1n) is 8.22. The van der Waals surface area contributed by atoms with E-state index in [1.165, 1.54) is 11.1 Å². The number of aryl methyl sites for hydroxylation is 2. The van der Waals surface area contributed by atoms with Crippen LogP contribution in [0.4, 0.5) is 0 Å². The van der Waals surface area contributed by atoms with E-state index in [9.17, 15) is 4.79 Å². The monoisotopic (exact) mass is 344 g/mol. The fourth-order valence-electron chi connectivity index (χ4n) is 2.59. The normalized spacial score (nSPS) is 13.4. The summed E-state index contributed by atoms with van der Waals surface area (Å²) in [5.41, 5.74) is 4.60. The number of hydrogen-bond acceptors (Lipinski definition) is 2. The first-order valence-corrected chi connectivity index (χ1v) is 8.60. The van der Waals surface area contributed by atoms with Crippen molar-refractivity contribution in [3.63, 3.8) is 0 Å². The van der Waals surface area contributed by atoms with Crippen LogP contribution in [0.2, 0.25) is 5.02 Å². The maximum atomic E-state index is 12.2. The lowest BCUT2D eigenvalue weighted by molar-refractivity contribution is -0.121. The van der Waals surface area contributed by atoms with Crippen molar-refractivity contribution in [2.24, 2.45) is 0 Å². The average molecular weight is 345 g/mol. The second kappa shape index (κ2) is 8.32. The molecule has 0 aliphatic heterocycles. The lowest BCUT2D eigenvalue weighted by Crippen LogP contribution is -2.36. The predicted molar refractivity (Wildman–Crippen MR) is 100 cm³/mol. The van der Waals surface area contributed by atoms with Crippen LogP contribution in [0.15, 0.2) is 42.5 Å². The molecule has 0 radical (unpaired) electrons. The molecular formula is C20H25ClN2O. The van der Waals surface area contributed by atoms with Crippen molar-refractivity contribution in [3.05, 3.63) is 69.7 Å². The van der Waals surface area contributed by atoms with E-state index >= 15 is 0 Å². The van der Waals surface area contributed by atoms with Gasteiger partial charge in [0.1, 0.15) is 0 Å². The Hall–Kier alpha value is -1.84. The summed E-state index contributed by atoms with van der Waals surface area (Å²) in [7, 11) is 0. The van der Waals surface area contributed by atoms with Gasteiger partial charge in [0.15, 0.2) is 0 Å². The molecule has 4 heteroatoms. The van der Waals surface area contributed by atoms with Crippen LogP contribution in [0.3, 0.4) is 0 Å². The van der Waals surface area contributed by atoms with Gasteiger partial charge in [-0.05, 0) is 56.0 Å². The topological polar surface area (TPSA) is 41.1 Å². The fourth-order valence-corrected chi connectivity index (χ4v) is 2.89. The number of carbonyl (C=O) groups is 1. The minimum absolute atomic E-state index is 0.0152. The zero-order chi connectivity index (χ0) is 17.7. The molecule has 0 aliphatic carbocycles. The molecule has 2 aromatic rings. The number of carbonyl (C=O) groups excluding carboxylic acids is 1. The van der Waals surface area contributed by atoms with Crippen molar-refractivity contribution < 1.29 is 4.79 Å². The van der Waals surface area contributed by atoms with Crippen molar-refractivity contribution >= 4 is 17.5 Å². The Morgan fingerprint density at radius 3 is 2.42 bits per heavy atom. The molecule has 0 aromatic heterocycles. The highest BCUT2D eigenvalue weighted by atomic mass is 35.5. The Balaban J connectivity index is 1.88. The summed E-state index contributed by atoms with van der Waals surface area (Å²) in [6.45, 7) is 8.42. The summed E-state index contributed by atoms with van der Waals surface area (Å²) in [6, 6.07) is 13.9. The van der Waals surface area contributed by atoms with Crippen LogP contribution >= 0.6 is 11.6 Å². The maximum Gasteiger partial charge on any atom is 0.234 e. The van der Waals surface area contributed by atoms with E-state index in [0.717, 1.165) is 11.1 Å². The molecule has 0 spiro atoms. The molecule has 0 saturated carbocycles. The van der Waals surface area contributed by atoms with Gasteiger partial charge in [0.2, 0.25) is 5.91 Å². The van der Waals surface area contributed by atoms with Crippen molar-refractivity contribution in [2.45, 2.75) is 39.8 Å². The maximum absolute atomic E-state index is 12.2. The summed E-state index contributed by atoms with van der Waals surface area (Å²) in [5, 5.41) is 6.96. The van der Waals surface area contributed by atoms with Gasteiger partial charge < -0.3 is 10.6 Å². The number of rotatable bonds is 6. The number of nitrogens with one attached hydrogen (secondary N) is 2. The molecular weight excluding hydrogens is 320 g/mol. The Kier molecular flexibility index (Phi) is 6.41. The van der Waals surface area contributed by atoms with Gasteiger partial charge in [0.05, 0.1) is 12.6 Å². The third-order valence-electron chi connectivity index (χ3n) is 4.35. The van der Waals surface area contributed by atoms with Gasteiger partial charge in [0, 0.05) is 11.1 Å². The van der Waals surface area contributed by atoms with E-state index in [-0.39, 0.29) is 24.5 Å². The van der Waals surface area contributed by atoms with Crippen LogP contribution in [0.25, 0.3) is 0 Å². The van der Waals surface area contributed by atoms with E-state index in [1.807, 2.05) is 38.1 Å². The van der Waals surface area contributed by atoms with Gasteiger partial charge in [0.25, 0.3) is 0 Å². The van der Waals surface area contributed by atoms with Crippen LogP contribution in [0, 0.1) is 13.8 Å². The van der Waals surface area contributed by atoms with Gasteiger partial charge in [-0.3, -0.25) is 4.79 Å². The number of hydrogen-bond donors (Lipinski definition) is 2. The molecule has 2 N–H and O–H groups in total. The summed E-state index contributed by atoms with van der Waals surface area (Å²) >= 11 is 6.19. The van der Waals surface area contributed by atoms with Crippen molar-refractivity contribution in [1.29, 1.82) is 0 Å². The first kappa shape index (κ1) is 18.5. The highest BCUT2D eigenvalue weighted by molar-refractivity contribution is 6.31. The molecule has 0 unspecified atom stereocenters. The summed E-state index contributed by atoms with van der Waals surface area (Å²) < 4.78 is 0. The van der Waals surface area contributed by atoms with E-state index < -0.39 is 0 Å². The van der Waals surface area contributed by atoms with Gasteiger partial charge in [-0.1, -0.05) is 48.0 Å². The summed E-state index contributed by atoms with van der Waals surface area (Å²) in [4.78, 5) is 12.2. The van der Waals surface area contributed by atoms with E-state index in [2.05, 4.69) is 42.7 Å². The average Bonchev–Trinajstić information content (AvgIpc) is 2.55. The first-order chi connectivity index (χ1) is 11.4. The Labute approximate surface area is 149 Å². The molecule has 2 atom stereocenters. The fraction of sp³-hybridized carbons (Fsp3) is 0.350. The molecule has 0 heterocycles. The zero-order valence-electron chi connectivity index (χ0n) is 14.7. The molecule has 1 amide bonds. The molecule has 128 valence electrons. The largest absolute Gasteiger partial charge is 0.348 e.